The van der Waals surface area contributed by atoms with Crippen LogP contribution in [-0.2, 0) is 9.63 Å². The van der Waals surface area contributed by atoms with Crippen LogP contribution < -0.4 is 25.3 Å². The minimum Gasteiger partial charge on any atom is -0.457 e. The number of ether oxygens (including phenoxy) is 1. The second-order valence-corrected chi connectivity index (χ2v) is 11.0. The van der Waals surface area contributed by atoms with Gasteiger partial charge in [0.1, 0.15) is 23.6 Å². The number of para-hydroxylation sites is 1. The Bertz CT molecular complexity index is 1620. The van der Waals surface area contributed by atoms with E-state index < -0.39 is 0 Å². The first-order chi connectivity index (χ1) is 21.5. The summed E-state index contributed by atoms with van der Waals surface area (Å²) >= 11 is 0. The van der Waals surface area contributed by atoms with Gasteiger partial charge in [0.05, 0.1) is 24.0 Å². The van der Waals surface area contributed by atoms with E-state index in [1.807, 2.05) is 72.7 Å². The van der Waals surface area contributed by atoms with Gasteiger partial charge in [0.15, 0.2) is 5.82 Å². The Kier molecular flexibility index (Phi) is 8.71. The number of nitrogens with zero attached hydrogens (tertiary/aromatic N) is 5. The fourth-order valence-corrected chi connectivity index (χ4v) is 5.50. The molecular weight excluding hydrogens is 554 g/mol. The summed E-state index contributed by atoms with van der Waals surface area (Å²) in [6, 6.07) is 23.7. The van der Waals surface area contributed by atoms with E-state index in [0.29, 0.717) is 18.2 Å². The van der Waals surface area contributed by atoms with Crippen LogP contribution in [0.4, 0.5) is 28.7 Å². The molecule has 1 atom stereocenters. The van der Waals surface area contributed by atoms with Gasteiger partial charge in [0.2, 0.25) is 5.91 Å². The molecule has 0 saturated carbocycles. The molecule has 1 aromatic heterocycles. The van der Waals surface area contributed by atoms with E-state index in [-0.39, 0.29) is 11.9 Å². The Balaban J connectivity index is 1.23. The number of hydrogen-bond acceptors (Lipinski definition) is 9. The molecule has 2 aliphatic rings. The van der Waals surface area contributed by atoms with Gasteiger partial charge in [-0.25, -0.2) is 15.0 Å². The number of carbonyl (C=O) groups is 1. The summed E-state index contributed by atoms with van der Waals surface area (Å²) in [7, 11) is 2.12. The Morgan fingerprint density at radius 2 is 1.77 bits per heavy atom. The summed E-state index contributed by atoms with van der Waals surface area (Å²) in [6.45, 7) is 9.93. The maximum atomic E-state index is 12.4. The highest BCUT2D eigenvalue weighted by molar-refractivity contribution is 6.02. The first-order valence-electron chi connectivity index (χ1n) is 14.8. The molecule has 6 rings (SSSR count). The quantitative estimate of drug-likeness (QED) is 0.225. The van der Waals surface area contributed by atoms with Crippen LogP contribution in [0.25, 0.3) is 0 Å². The lowest BCUT2D eigenvalue weighted by Crippen LogP contribution is -2.44. The summed E-state index contributed by atoms with van der Waals surface area (Å²) in [5.74, 6) is 2.55. The Labute approximate surface area is 257 Å². The van der Waals surface area contributed by atoms with Crippen molar-refractivity contribution in [3.63, 3.8) is 0 Å². The lowest BCUT2D eigenvalue weighted by Gasteiger charge is -2.35. The van der Waals surface area contributed by atoms with Crippen molar-refractivity contribution >= 4 is 34.6 Å². The Morgan fingerprint density at radius 3 is 2.57 bits per heavy atom. The molecular formula is C34H37N7O3. The smallest absolute Gasteiger partial charge is 0.247 e. The van der Waals surface area contributed by atoms with E-state index in [4.69, 9.17) is 9.57 Å². The minimum atomic E-state index is -0.255. The number of carbonyl (C=O) groups excluding carboxylic acids is 1. The van der Waals surface area contributed by atoms with Gasteiger partial charge >= 0.3 is 0 Å². The largest absolute Gasteiger partial charge is 0.457 e. The third-order valence-corrected chi connectivity index (χ3v) is 7.90. The SMILES string of the molecule is C=CC(=O)Nc1cc(Nc2cc(N3OCC[C@@H]3c3cccc(Oc4ccccc4)c3)ncn2)c(C)cc1N1CCN(C)CC1. The number of anilines is 5. The number of piperazine rings is 1. The Morgan fingerprint density at radius 1 is 0.977 bits per heavy atom. The molecule has 3 aromatic carbocycles. The van der Waals surface area contributed by atoms with Gasteiger partial charge in [-0.2, -0.15) is 0 Å². The van der Waals surface area contributed by atoms with Gasteiger partial charge in [-0.1, -0.05) is 36.9 Å². The monoisotopic (exact) mass is 591 g/mol. The van der Waals surface area contributed by atoms with Gasteiger partial charge in [0, 0.05) is 44.4 Å². The normalized spacial score (nSPS) is 16.9. The summed E-state index contributed by atoms with van der Waals surface area (Å²) < 4.78 is 6.08. The summed E-state index contributed by atoms with van der Waals surface area (Å²) in [5.41, 5.74) is 4.65. The lowest BCUT2D eigenvalue weighted by atomic mass is 10.0. The van der Waals surface area contributed by atoms with Crippen LogP contribution in [0.2, 0.25) is 0 Å². The van der Waals surface area contributed by atoms with Crippen LogP contribution in [0.5, 0.6) is 11.5 Å². The molecule has 0 spiro atoms. The van der Waals surface area contributed by atoms with Gasteiger partial charge in [-0.05, 0) is 67.6 Å². The molecule has 226 valence electrons. The maximum Gasteiger partial charge on any atom is 0.247 e. The maximum absolute atomic E-state index is 12.4. The number of benzene rings is 3. The van der Waals surface area contributed by atoms with Crippen LogP contribution in [0.15, 0.2) is 91.8 Å². The number of aromatic nitrogens is 2. The predicted octanol–water partition coefficient (Wildman–Crippen LogP) is 6.08. The zero-order valence-electron chi connectivity index (χ0n) is 25.1. The predicted molar refractivity (Wildman–Crippen MR) is 174 cm³/mol. The van der Waals surface area contributed by atoms with Gasteiger partial charge in [0.25, 0.3) is 0 Å². The highest BCUT2D eigenvalue weighted by atomic mass is 16.7. The van der Waals surface area contributed by atoms with E-state index in [9.17, 15) is 4.79 Å². The summed E-state index contributed by atoms with van der Waals surface area (Å²) in [6.07, 6.45) is 3.62. The van der Waals surface area contributed by atoms with E-state index in [1.54, 1.807) is 0 Å². The number of aryl methyl sites for hydroxylation is 1. The highest BCUT2D eigenvalue weighted by Crippen LogP contribution is 2.38. The molecule has 2 saturated heterocycles. The molecule has 44 heavy (non-hydrogen) atoms. The number of likely N-dealkylation sites (N-methyl/N-ethyl adjacent to an activating group) is 1. The standard InChI is InChI=1S/C34H37N7O3/c1-4-34(42)38-29-21-28(24(2)19-31(29)40-16-14-39(3)15-17-40)37-32-22-33(36-23-35-32)41-30(13-18-43-41)25-9-8-12-27(20-25)44-26-10-6-5-7-11-26/h4-12,19-23,30H,1,13-18H2,2-3H3,(H,38,42)(H,35,36,37)/t30-/m1/s1. The van der Waals surface area contributed by atoms with Crippen molar-refractivity contribution in [3.05, 3.63) is 103 Å². The van der Waals surface area contributed by atoms with Crippen molar-refractivity contribution in [1.82, 2.24) is 14.9 Å². The van der Waals surface area contributed by atoms with Crippen molar-refractivity contribution < 1.29 is 14.4 Å². The van der Waals surface area contributed by atoms with Crippen molar-refractivity contribution in [2.75, 3.05) is 60.4 Å². The van der Waals surface area contributed by atoms with Crippen molar-refractivity contribution in [3.8, 4) is 11.5 Å². The molecule has 10 nitrogen and oxygen atoms in total. The van der Waals surface area contributed by atoms with E-state index >= 15 is 0 Å². The number of hydroxylamine groups is 1. The third-order valence-electron chi connectivity index (χ3n) is 7.90. The second kappa shape index (κ2) is 13.2. The fraction of sp³-hybridized carbons (Fsp3) is 0.265. The summed E-state index contributed by atoms with van der Waals surface area (Å²) in [5, 5.41) is 8.28. The van der Waals surface area contributed by atoms with Gasteiger partial charge < -0.3 is 25.2 Å². The molecule has 0 bridgehead atoms. The van der Waals surface area contributed by atoms with Crippen molar-refractivity contribution in [2.24, 2.45) is 0 Å². The number of nitrogens with one attached hydrogen (secondary N) is 2. The zero-order chi connectivity index (χ0) is 30.5. The molecule has 2 fully saturated rings. The molecule has 2 aliphatic heterocycles. The van der Waals surface area contributed by atoms with Crippen LogP contribution in [0.3, 0.4) is 0 Å². The fourth-order valence-electron chi connectivity index (χ4n) is 5.50. The molecule has 4 aromatic rings. The zero-order valence-corrected chi connectivity index (χ0v) is 25.1. The van der Waals surface area contributed by atoms with Crippen LogP contribution in [-0.4, -0.2) is 60.6 Å². The first kappa shape index (κ1) is 29.2. The molecule has 1 amide bonds. The molecule has 3 heterocycles. The second-order valence-electron chi connectivity index (χ2n) is 11.0. The van der Waals surface area contributed by atoms with Gasteiger partial charge in [-0.3, -0.25) is 9.63 Å². The van der Waals surface area contributed by atoms with Crippen molar-refractivity contribution in [1.29, 1.82) is 0 Å². The highest BCUT2D eigenvalue weighted by Gasteiger charge is 2.30. The average Bonchev–Trinajstić information content (AvgIpc) is 3.54. The molecule has 0 aliphatic carbocycles. The minimum absolute atomic E-state index is 0.0394. The summed E-state index contributed by atoms with van der Waals surface area (Å²) in [4.78, 5) is 32.1. The molecule has 0 radical (unpaired) electrons. The topological polar surface area (TPSA) is 95.1 Å². The number of amides is 1. The van der Waals surface area contributed by atoms with Crippen LogP contribution >= 0.6 is 0 Å². The number of rotatable bonds is 9. The van der Waals surface area contributed by atoms with E-state index in [0.717, 1.165) is 72.3 Å². The van der Waals surface area contributed by atoms with Gasteiger partial charge in [-0.15, -0.1) is 0 Å². The van der Waals surface area contributed by atoms with E-state index in [2.05, 4.69) is 56.2 Å². The Hall–Kier alpha value is -4.93. The van der Waals surface area contributed by atoms with Crippen LogP contribution in [0, 0.1) is 6.92 Å². The van der Waals surface area contributed by atoms with E-state index in [1.165, 1.54) is 12.4 Å². The first-order valence-corrected chi connectivity index (χ1v) is 14.8. The third kappa shape index (κ3) is 6.66. The average molecular weight is 592 g/mol. The molecule has 0 unspecified atom stereocenters. The number of hydrogen-bond donors (Lipinski definition) is 2. The van der Waals surface area contributed by atoms with Crippen LogP contribution in [0.1, 0.15) is 23.6 Å². The lowest BCUT2D eigenvalue weighted by molar-refractivity contribution is -0.111. The van der Waals surface area contributed by atoms with Crippen molar-refractivity contribution in [2.45, 2.75) is 19.4 Å². The molecule has 10 heteroatoms. The molecule has 2 N–H and O–H groups in total.